The molecule has 1 aromatic rings. The van der Waals surface area contributed by atoms with Gasteiger partial charge in [0.25, 0.3) is 0 Å². The maximum atomic E-state index is 13.5. The molecule has 9 nitrogen and oxygen atoms in total. The van der Waals surface area contributed by atoms with Gasteiger partial charge in [-0.1, -0.05) is 31.6 Å². The molecular weight excluding hydrogens is 691 g/mol. The first-order chi connectivity index (χ1) is 24.3. The zero-order chi connectivity index (χ0) is 37.0. The number of alkyl halides is 2. The third-order valence-corrected chi connectivity index (χ3v) is 13.2. The molecule has 0 aliphatic heterocycles. The minimum Gasteiger partial charge on any atom is -0.464 e. The molecule has 0 saturated heterocycles. The first kappa shape index (κ1) is 39.3. The summed E-state index contributed by atoms with van der Waals surface area (Å²) in [6.45, 7) is 8.67. The third-order valence-electron chi connectivity index (χ3n) is 12.8. The zero-order valence-electron chi connectivity index (χ0n) is 30.6. The smallest absolute Gasteiger partial charge is 0.328 e. The van der Waals surface area contributed by atoms with E-state index in [4.69, 9.17) is 32.7 Å². The minimum absolute atomic E-state index is 0.00271. The number of carbonyl (C=O) groups excluding carboxylic acids is 5. The van der Waals surface area contributed by atoms with Crippen LogP contribution in [0.3, 0.4) is 0 Å². The van der Waals surface area contributed by atoms with E-state index in [9.17, 15) is 24.0 Å². The van der Waals surface area contributed by atoms with Crippen LogP contribution >= 0.6 is 23.2 Å². The van der Waals surface area contributed by atoms with E-state index in [0.29, 0.717) is 49.5 Å². The van der Waals surface area contributed by atoms with E-state index in [1.54, 1.807) is 6.92 Å². The van der Waals surface area contributed by atoms with Gasteiger partial charge in [0.2, 0.25) is 5.91 Å². The van der Waals surface area contributed by atoms with Crippen molar-refractivity contribution in [2.45, 2.75) is 110 Å². The van der Waals surface area contributed by atoms with Gasteiger partial charge in [-0.25, -0.2) is 4.79 Å². The highest BCUT2D eigenvalue weighted by atomic mass is 35.5. The number of ether oxygens (including phenoxy) is 2. The van der Waals surface area contributed by atoms with E-state index < -0.39 is 29.0 Å². The van der Waals surface area contributed by atoms with Crippen LogP contribution in [-0.4, -0.2) is 72.5 Å². The summed E-state index contributed by atoms with van der Waals surface area (Å²) >= 11 is 11.9. The second kappa shape index (κ2) is 16.4. The number of fused-ring (bicyclic) bond motifs is 5. The molecule has 3 saturated carbocycles. The number of Topliss-reactive ketones (excluding diaryl/α,β-unsaturated/α-hetero) is 1. The average Bonchev–Trinajstić information content (AvgIpc) is 3.39. The fraction of sp³-hybridized carbons (Fsp3) is 0.675. The molecule has 0 spiro atoms. The predicted molar refractivity (Wildman–Crippen MR) is 198 cm³/mol. The maximum absolute atomic E-state index is 13.5. The van der Waals surface area contributed by atoms with Crippen LogP contribution in [0.25, 0.3) is 0 Å². The molecule has 5 rings (SSSR count). The van der Waals surface area contributed by atoms with Crippen molar-refractivity contribution < 1.29 is 33.4 Å². The van der Waals surface area contributed by atoms with Crippen LogP contribution in [0.4, 0.5) is 5.69 Å². The zero-order valence-corrected chi connectivity index (χ0v) is 32.1. The van der Waals surface area contributed by atoms with Crippen molar-refractivity contribution in [1.82, 2.24) is 5.32 Å². The number of esters is 2. The Hall–Kier alpha value is -2.91. The summed E-state index contributed by atoms with van der Waals surface area (Å²) in [6.07, 6.45) is 8.88. The number of ketones is 2. The topological polar surface area (TPSA) is 119 Å². The molecule has 0 radical (unpaired) electrons. The molecule has 4 aliphatic carbocycles. The van der Waals surface area contributed by atoms with Gasteiger partial charge in [-0.15, -0.1) is 23.2 Å². The standard InChI is InChI=1S/C40H54Cl2N2O7/c1-26(45)40(18-15-34-32-12-9-29-25-31(47)13-16-38(29,3)33(32)14-17-39(34,40)4)51-36(48)6-5-23-50-37(49)35(43-27(2)46)24-28-7-10-30(11-8-28)44(21-19-41)22-20-42/h7-8,10-11,25,32-35H,5-6,9,12-24H2,1-4H3,(H,43,46)/t32-,33+,34+,35?,38+,39+,40+/m1/s1. The van der Waals surface area contributed by atoms with Crippen molar-refractivity contribution in [3.63, 3.8) is 0 Å². The number of hydrogen-bond donors (Lipinski definition) is 1. The largest absolute Gasteiger partial charge is 0.464 e. The van der Waals surface area contributed by atoms with Crippen LogP contribution in [0.2, 0.25) is 0 Å². The molecule has 280 valence electrons. The highest BCUT2D eigenvalue weighted by Gasteiger charge is 2.67. The van der Waals surface area contributed by atoms with Crippen LogP contribution in [0.15, 0.2) is 35.9 Å². The molecule has 11 heteroatoms. The van der Waals surface area contributed by atoms with Crippen LogP contribution < -0.4 is 10.2 Å². The minimum atomic E-state index is -1.17. The summed E-state index contributed by atoms with van der Waals surface area (Å²) in [5.41, 5.74) is 1.50. The fourth-order valence-electron chi connectivity index (χ4n) is 10.2. The summed E-state index contributed by atoms with van der Waals surface area (Å²) in [7, 11) is 0. The van der Waals surface area contributed by atoms with Crippen molar-refractivity contribution >= 4 is 58.3 Å². The lowest BCUT2D eigenvalue weighted by Crippen LogP contribution is -2.58. The fourth-order valence-corrected chi connectivity index (χ4v) is 10.6. The van der Waals surface area contributed by atoms with Gasteiger partial charge < -0.3 is 19.7 Å². The van der Waals surface area contributed by atoms with E-state index in [2.05, 4.69) is 24.1 Å². The molecule has 3 fully saturated rings. The van der Waals surface area contributed by atoms with Gasteiger partial charge in [-0.05, 0) is 105 Å². The van der Waals surface area contributed by atoms with Gasteiger partial charge in [0.15, 0.2) is 17.2 Å². The summed E-state index contributed by atoms with van der Waals surface area (Å²) in [4.78, 5) is 66.2. The van der Waals surface area contributed by atoms with Crippen LogP contribution in [0.5, 0.6) is 0 Å². The molecule has 1 N–H and O–H groups in total. The molecule has 4 aliphatic rings. The number of hydrogen-bond acceptors (Lipinski definition) is 8. The summed E-state index contributed by atoms with van der Waals surface area (Å²) in [5, 5.41) is 2.69. The Bertz CT molecular complexity index is 1510. The second-order valence-corrected chi connectivity index (χ2v) is 16.3. The Labute approximate surface area is 312 Å². The SMILES string of the molecule is CC(=O)NC(Cc1ccc(N(CCCl)CCCl)cc1)C(=O)OCCCC(=O)O[C@]1(C(C)=O)CC[C@H]2[C@@H]3CCC4=CC(=O)CC[C@]4(C)[C@H]3CC[C@@]21C. The molecule has 0 heterocycles. The van der Waals surface area contributed by atoms with Crippen molar-refractivity contribution in [3.05, 3.63) is 41.5 Å². The van der Waals surface area contributed by atoms with Gasteiger partial charge in [0.1, 0.15) is 6.04 Å². The molecule has 51 heavy (non-hydrogen) atoms. The Balaban J connectivity index is 1.16. The Kier molecular flexibility index (Phi) is 12.6. The first-order valence-electron chi connectivity index (χ1n) is 18.6. The van der Waals surface area contributed by atoms with Gasteiger partial charge in [0.05, 0.1) is 6.61 Å². The van der Waals surface area contributed by atoms with Crippen LogP contribution in [0.1, 0.15) is 97.5 Å². The molecule has 1 aromatic carbocycles. The average molecular weight is 746 g/mol. The molecule has 1 amide bonds. The van der Waals surface area contributed by atoms with Crippen LogP contribution in [-0.2, 0) is 39.9 Å². The predicted octanol–water partition coefficient (Wildman–Crippen LogP) is 6.74. The maximum Gasteiger partial charge on any atom is 0.328 e. The lowest BCUT2D eigenvalue weighted by Gasteiger charge is -2.59. The normalized spacial score (nSPS) is 30.2. The Morgan fingerprint density at radius 1 is 0.941 bits per heavy atom. The highest BCUT2D eigenvalue weighted by molar-refractivity contribution is 6.18. The number of nitrogens with zero attached hydrogens (tertiary/aromatic N) is 1. The van der Waals surface area contributed by atoms with Gasteiger partial charge in [0, 0.05) is 62.1 Å². The third kappa shape index (κ3) is 8.04. The van der Waals surface area contributed by atoms with Crippen molar-refractivity contribution in [1.29, 1.82) is 0 Å². The van der Waals surface area contributed by atoms with Crippen molar-refractivity contribution in [3.8, 4) is 0 Å². The summed E-state index contributed by atoms with van der Waals surface area (Å²) < 4.78 is 11.8. The number of benzene rings is 1. The molecule has 1 unspecified atom stereocenters. The summed E-state index contributed by atoms with van der Waals surface area (Å²) in [6, 6.07) is 6.78. The van der Waals surface area contributed by atoms with E-state index in [0.717, 1.165) is 49.8 Å². The van der Waals surface area contributed by atoms with E-state index in [1.165, 1.54) is 12.5 Å². The molecule has 0 aromatic heterocycles. The Morgan fingerprint density at radius 3 is 2.27 bits per heavy atom. The highest BCUT2D eigenvalue weighted by Crippen LogP contribution is 2.68. The van der Waals surface area contributed by atoms with Gasteiger partial charge >= 0.3 is 11.9 Å². The number of allylic oxidation sites excluding steroid dienone is 1. The Morgan fingerprint density at radius 2 is 1.63 bits per heavy atom. The first-order valence-corrected chi connectivity index (χ1v) is 19.7. The quantitative estimate of drug-likeness (QED) is 0.119. The number of halogens is 2. The summed E-state index contributed by atoms with van der Waals surface area (Å²) in [5.74, 6) is 0.820. The van der Waals surface area contributed by atoms with Gasteiger partial charge in [-0.2, -0.15) is 0 Å². The van der Waals surface area contributed by atoms with Crippen molar-refractivity contribution in [2.24, 2.45) is 28.6 Å². The van der Waals surface area contributed by atoms with E-state index >= 15 is 0 Å². The lowest BCUT2D eigenvalue weighted by atomic mass is 9.46. The van der Waals surface area contributed by atoms with E-state index in [-0.39, 0.29) is 54.7 Å². The number of carbonyl (C=O) groups is 5. The lowest BCUT2D eigenvalue weighted by molar-refractivity contribution is -0.189. The molecular formula is C40H54Cl2N2O7. The van der Waals surface area contributed by atoms with Gasteiger partial charge in [-0.3, -0.25) is 19.2 Å². The molecule has 0 bridgehead atoms. The van der Waals surface area contributed by atoms with E-state index in [1.807, 2.05) is 30.3 Å². The molecule has 7 atom stereocenters. The number of rotatable bonds is 15. The second-order valence-electron chi connectivity index (χ2n) is 15.6. The number of anilines is 1. The van der Waals surface area contributed by atoms with Crippen molar-refractivity contribution in [2.75, 3.05) is 36.4 Å². The van der Waals surface area contributed by atoms with Crippen LogP contribution in [0, 0.1) is 28.6 Å². The monoisotopic (exact) mass is 744 g/mol. The number of nitrogens with one attached hydrogen (secondary N) is 1. The number of amides is 1.